The van der Waals surface area contributed by atoms with Gasteiger partial charge in [0.2, 0.25) is 10.0 Å². The van der Waals surface area contributed by atoms with Crippen molar-refractivity contribution in [3.05, 3.63) is 89.0 Å². The van der Waals surface area contributed by atoms with Gasteiger partial charge in [0.1, 0.15) is 11.6 Å². The van der Waals surface area contributed by atoms with Gasteiger partial charge < -0.3 is 14.5 Å². The molecule has 14 heteroatoms. The molecule has 3 aromatic rings. The van der Waals surface area contributed by atoms with E-state index in [1.165, 1.54) is 36.1 Å². The summed E-state index contributed by atoms with van der Waals surface area (Å²) in [4.78, 5) is 16.2. The lowest BCUT2D eigenvalue weighted by Crippen LogP contribution is -2.49. The van der Waals surface area contributed by atoms with Crippen molar-refractivity contribution in [1.82, 2.24) is 4.90 Å². The van der Waals surface area contributed by atoms with E-state index < -0.39 is 48.8 Å². The van der Waals surface area contributed by atoms with Crippen molar-refractivity contribution in [3.63, 3.8) is 0 Å². The highest BCUT2D eigenvalue weighted by molar-refractivity contribution is 7.92. The van der Waals surface area contributed by atoms with Crippen LogP contribution in [-0.2, 0) is 24.6 Å². The van der Waals surface area contributed by atoms with E-state index >= 15 is 0 Å². The predicted molar refractivity (Wildman–Crippen MR) is 157 cm³/mol. The van der Waals surface area contributed by atoms with Gasteiger partial charge in [-0.2, -0.15) is 0 Å². The summed E-state index contributed by atoms with van der Waals surface area (Å²) in [6.45, 7) is 2.38. The van der Waals surface area contributed by atoms with Crippen LogP contribution in [0.25, 0.3) is 0 Å². The molecule has 1 fully saturated rings. The first kappa shape index (κ1) is 31.5. The van der Waals surface area contributed by atoms with Crippen LogP contribution in [-0.4, -0.2) is 66.9 Å². The number of piperazine rings is 1. The molecular weight excluding hydrogens is 612 g/mol. The summed E-state index contributed by atoms with van der Waals surface area (Å²) in [6, 6.07) is 14.8. The van der Waals surface area contributed by atoms with Gasteiger partial charge in [-0.05, 0) is 54.6 Å². The minimum atomic E-state index is -4.26. The smallest absolute Gasteiger partial charge is 0.409 e. The standard InChI is InChI=1S/C28H30ClF2N3O6S2/c1-19(27(23-17-21(30)9-12-24(23)31)42(38,39)22-10-7-20(29)8-11-22)18-40-28(35)34-15-13-33(14-16-34)26-6-4-3-5-25(26)32-41(2,36)37/h3-12,17,19,27,32H,13-16,18H2,1-2H3/t19-,27+/m1/s1. The average molecular weight is 642 g/mol. The van der Waals surface area contributed by atoms with Gasteiger partial charge >= 0.3 is 6.09 Å². The summed E-state index contributed by atoms with van der Waals surface area (Å²) >= 11 is 5.91. The lowest BCUT2D eigenvalue weighted by molar-refractivity contribution is 0.0870. The van der Waals surface area contributed by atoms with Gasteiger partial charge in [-0.15, -0.1) is 0 Å². The number of sulfone groups is 1. The fraction of sp³-hybridized carbons (Fsp3) is 0.321. The fourth-order valence-corrected chi connectivity index (χ4v) is 7.54. The molecule has 1 heterocycles. The highest BCUT2D eigenvalue weighted by Gasteiger charge is 2.37. The number of hydrogen-bond donors (Lipinski definition) is 1. The van der Waals surface area contributed by atoms with Gasteiger partial charge in [0.25, 0.3) is 0 Å². The molecule has 9 nitrogen and oxygen atoms in total. The zero-order valence-corrected chi connectivity index (χ0v) is 25.2. The van der Waals surface area contributed by atoms with E-state index in [1.54, 1.807) is 24.3 Å². The van der Waals surface area contributed by atoms with Crippen molar-refractivity contribution in [1.29, 1.82) is 0 Å². The molecular formula is C28H30ClF2N3O6S2. The summed E-state index contributed by atoms with van der Waals surface area (Å²) < 4.78 is 87.8. The number of anilines is 2. The maximum absolute atomic E-state index is 14.9. The quantitative estimate of drug-likeness (QED) is 0.346. The van der Waals surface area contributed by atoms with Gasteiger partial charge in [0.15, 0.2) is 9.84 Å². The monoisotopic (exact) mass is 641 g/mol. The van der Waals surface area contributed by atoms with E-state index in [1.807, 2.05) is 4.90 Å². The zero-order valence-electron chi connectivity index (χ0n) is 22.8. The van der Waals surface area contributed by atoms with E-state index in [-0.39, 0.29) is 30.2 Å². The van der Waals surface area contributed by atoms with Gasteiger partial charge in [0.05, 0.1) is 34.4 Å². The second-order valence-corrected chi connectivity index (χ2v) is 14.3. The van der Waals surface area contributed by atoms with Crippen LogP contribution < -0.4 is 9.62 Å². The Hall–Kier alpha value is -3.42. The molecule has 0 aliphatic carbocycles. The Morgan fingerprint density at radius 1 is 0.976 bits per heavy atom. The predicted octanol–water partition coefficient (Wildman–Crippen LogP) is 5.10. The number of ether oxygens (including phenoxy) is 1. The largest absolute Gasteiger partial charge is 0.449 e. The molecule has 0 saturated carbocycles. The molecule has 3 aromatic carbocycles. The van der Waals surface area contributed by atoms with Crippen LogP contribution in [0.2, 0.25) is 5.02 Å². The van der Waals surface area contributed by atoms with Crippen molar-refractivity contribution < 1.29 is 35.1 Å². The number of benzene rings is 3. The van der Waals surface area contributed by atoms with E-state index in [4.69, 9.17) is 16.3 Å². The first-order valence-electron chi connectivity index (χ1n) is 12.9. The Morgan fingerprint density at radius 3 is 2.26 bits per heavy atom. The summed E-state index contributed by atoms with van der Waals surface area (Å²) in [5.41, 5.74) is 0.711. The van der Waals surface area contributed by atoms with Crippen LogP contribution in [0.1, 0.15) is 17.7 Å². The van der Waals surface area contributed by atoms with Gasteiger partial charge in [0, 0.05) is 42.7 Å². The van der Waals surface area contributed by atoms with Crippen molar-refractivity contribution >= 4 is 48.9 Å². The number of sulfonamides is 1. The molecule has 1 aliphatic heterocycles. The molecule has 0 unspecified atom stereocenters. The fourth-order valence-electron chi connectivity index (χ4n) is 4.83. The topological polar surface area (TPSA) is 113 Å². The summed E-state index contributed by atoms with van der Waals surface area (Å²) in [5.74, 6) is -2.67. The number of nitrogens with one attached hydrogen (secondary N) is 1. The third-order valence-electron chi connectivity index (χ3n) is 6.81. The van der Waals surface area contributed by atoms with E-state index in [0.717, 1.165) is 24.5 Å². The van der Waals surface area contributed by atoms with Gasteiger partial charge in [-0.25, -0.2) is 30.4 Å². The molecule has 0 bridgehead atoms. The molecule has 1 aliphatic rings. The molecule has 226 valence electrons. The lowest BCUT2D eigenvalue weighted by atomic mass is 10.0. The Labute approximate surface area is 249 Å². The molecule has 1 amide bonds. The molecule has 0 spiro atoms. The molecule has 0 radical (unpaired) electrons. The first-order chi connectivity index (χ1) is 19.8. The van der Waals surface area contributed by atoms with E-state index in [0.29, 0.717) is 29.5 Å². The number of para-hydroxylation sites is 2. The molecule has 0 aromatic heterocycles. The normalized spacial score (nSPS) is 15.6. The number of carbonyl (C=O) groups is 1. The van der Waals surface area contributed by atoms with Crippen LogP contribution >= 0.6 is 11.6 Å². The second kappa shape index (κ2) is 12.8. The Kier molecular flexibility index (Phi) is 9.63. The van der Waals surface area contributed by atoms with Crippen molar-refractivity contribution in [3.8, 4) is 0 Å². The second-order valence-electron chi connectivity index (χ2n) is 10.0. The van der Waals surface area contributed by atoms with Gasteiger partial charge in [-0.1, -0.05) is 30.7 Å². The molecule has 42 heavy (non-hydrogen) atoms. The first-order valence-corrected chi connectivity index (χ1v) is 16.8. The number of nitrogens with zero attached hydrogens (tertiary/aromatic N) is 2. The minimum absolute atomic E-state index is 0.138. The summed E-state index contributed by atoms with van der Waals surface area (Å²) in [6.07, 6.45) is 0.374. The number of carbonyl (C=O) groups excluding carboxylic acids is 1. The van der Waals surface area contributed by atoms with Crippen LogP contribution in [0, 0.1) is 17.6 Å². The van der Waals surface area contributed by atoms with Crippen molar-refractivity contribution in [2.75, 3.05) is 48.7 Å². The van der Waals surface area contributed by atoms with Gasteiger partial charge in [-0.3, -0.25) is 4.72 Å². The minimum Gasteiger partial charge on any atom is -0.449 e. The van der Waals surface area contributed by atoms with Crippen molar-refractivity contribution in [2.24, 2.45) is 5.92 Å². The number of rotatable bonds is 9. The number of halogens is 3. The SMILES string of the molecule is C[C@H](COC(=O)N1CCN(c2ccccc2NS(C)(=O)=O)CC1)[C@@H](c1cc(F)ccc1F)S(=O)(=O)c1ccc(Cl)cc1. The molecule has 2 atom stereocenters. The third-order valence-corrected chi connectivity index (χ3v) is 9.96. The highest BCUT2D eigenvalue weighted by Crippen LogP contribution is 2.37. The van der Waals surface area contributed by atoms with Crippen LogP contribution in [0.4, 0.5) is 25.0 Å². The Balaban J connectivity index is 1.46. The van der Waals surface area contributed by atoms with E-state index in [2.05, 4.69) is 4.72 Å². The van der Waals surface area contributed by atoms with Crippen LogP contribution in [0.15, 0.2) is 71.6 Å². The summed E-state index contributed by atoms with van der Waals surface area (Å²) in [5, 5.41) is -1.25. The number of hydrogen-bond acceptors (Lipinski definition) is 7. The van der Waals surface area contributed by atoms with Crippen molar-refractivity contribution in [2.45, 2.75) is 17.1 Å². The molecule has 1 saturated heterocycles. The van der Waals surface area contributed by atoms with Crippen LogP contribution in [0.3, 0.4) is 0 Å². The summed E-state index contributed by atoms with van der Waals surface area (Å²) in [7, 11) is -7.76. The van der Waals surface area contributed by atoms with Crippen LogP contribution in [0.5, 0.6) is 0 Å². The Bertz CT molecular complexity index is 1650. The third kappa shape index (κ3) is 7.50. The Morgan fingerprint density at radius 2 is 1.62 bits per heavy atom. The maximum Gasteiger partial charge on any atom is 0.409 e. The molecule has 1 N–H and O–H groups in total. The zero-order chi connectivity index (χ0) is 30.7. The number of amides is 1. The average Bonchev–Trinajstić information content (AvgIpc) is 2.93. The molecule has 4 rings (SSSR count). The highest BCUT2D eigenvalue weighted by atomic mass is 35.5. The lowest BCUT2D eigenvalue weighted by Gasteiger charge is -2.36. The van der Waals surface area contributed by atoms with E-state index in [9.17, 15) is 30.4 Å². The maximum atomic E-state index is 14.9.